The number of rotatable bonds is 7. The van der Waals surface area contributed by atoms with Crippen LogP contribution in [0.3, 0.4) is 0 Å². The summed E-state index contributed by atoms with van der Waals surface area (Å²) in [4.78, 5) is 26.3. The van der Waals surface area contributed by atoms with Crippen molar-refractivity contribution in [3.63, 3.8) is 0 Å². The van der Waals surface area contributed by atoms with Crippen molar-refractivity contribution in [2.45, 2.75) is 6.04 Å². The minimum atomic E-state index is -0.468. The van der Waals surface area contributed by atoms with Gasteiger partial charge in [0, 0.05) is 19.6 Å². The van der Waals surface area contributed by atoms with Crippen molar-refractivity contribution >= 4 is 27.7 Å². The van der Waals surface area contributed by atoms with Crippen molar-refractivity contribution in [2.24, 2.45) is 0 Å². The van der Waals surface area contributed by atoms with Crippen LogP contribution >= 0.6 is 15.9 Å². The van der Waals surface area contributed by atoms with Gasteiger partial charge in [0.15, 0.2) is 10.4 Å². The van der Waals surface area contributed by atoms with Gasteiger partial charge in [-0.25, -0.2) is 4.39 Å². The van der Waals surface area contributed by atoms with Crippen molar-refractivity contribution in [2.75, 3.05) is 39.4 Å². The Hall–Kier alpha value is -2.23. The molecular formula is C19H21BrFN3O4. The number of nitrogens with zero attached hydrogens (tertiary/aromatic N) is 1. The lowest BCUT2D eigenvalue weighted by atomic mass is 10.0. The molecule has 1 saturated heterocycles. The minimum absolute atomic E-state index is 0.106. The standard InChI is InChI=1S/C19H21BrFN3O4/c20-17-6-5-16(28-17)19(26)23-12-18(25)22-11-15(24-7-9-27-10-8-24)13-1-3-14(21)4-2-13/h1-6,15H,7-12H2,(H,22,25)(H,23,26). The van der Waals surface area contributed by atoms with Crippen LogP contribution in [0.2, 0.25) is 0 Å². The third-order valence-electron chi connectivity index (χ3n) is 4.44. The minimum Gasteiger partial charge on any atom is -0.444 e. The van der Waals surface area contributed by atoms with E-state index in [0.29, 0.717) is 24.4 Å². The topological polar surface area (TPSA) is 83.8 Å². The van der Waals surface area contributed by atoms with E-state index in [2.05, 4.69) is 31.5 Å². The molecule has 2 aromatic rings. The molecule has 9 heteroatoms. The third kappa shape index (κ3) is 5.63. The summed E-state index contributed by atoms with van der Waals surface area (Å²) in [7, 11) is 0. The maximum absolute atomic E-state index is 13.3. The fourth-order valence-electron chi connectivity index (χ4n) is 2.99. The van der Waals surface area contributed by atoms with Gasteiger partial charge in [0.25, 0.3) is 5.91 Å². The Labute approximate surface area is 170 Å². The van der Waals surface area contributed by atoms with Crippen LogP contribution in [-0.4, -0.2) is 56.1 Å². The molecule has 7 nitrogen and oxygen atoms in total. The third-order valence-corrected chi connectivity index (χ3v) is 4.87. The summed E-state index contributed by atoms with van der Waals surface area (Å²) in [5.41, 5.74) is 0.910. The first-order valence-corrected chi connectivity index (χ1v) is 9.70. The highest BCUT2D eigenvalue weighted by Crippen LogP contribution is 2.21. The monoisotopic (exact) mass is 453 g/mol. The number of carbonyl (C=O) groups is 2. The number of ether oxygens (including phenoxy) is 1. The van der Waals surface area contributed by atoms with Crippen LogP contribution in [0.4, 0.5) is 4.39 Å². The van der Waals surface area contributed by atoms with E-state index in [4.69, 9.17) is 9.15 Å². The Bertz CT molecular complexity index is 806. The maximum Gasteiger partial charge on any atom is 0.287 e. The van der Waals surface area contributed by atoms with E-state index in [1.54, 1.807) is 18.2 Å². The van der Waals surface area contributed by atoms with E-state index in [9.17, 15) is 14.0 Å². The summed E-state index contributed by atoms with van der Waals surface area (Å²) in [5, 5.41) is 5.35. The van der Waals surface area contributed by atoms with Gasteiger partial charge < -0.3 is 19.8 Å². The molecule has 3 rings (SSSR count). The molecule has 1 atom stereocenters. The molecule has 1 aromatic carbocycles. The van der Waals surface area contributed by atoms with Gasteiger partial charge in [-0.2, -0.15) is 0 Å². The predicted molar refractivity (Wildman–Crippen MR) is 103 cm³/mol. The Morgan fingerprint density at radius 1 is 1.11 bits per heavy atom. The van der Waals surface area contributed by atoms with Crippen LogP contribution in [0.1, 0.15) is 22.2 Å². The van der Waals surface area contributed by atoms with E-state index in [-0.39, 0.29) is 30.1 Å². The average Bonchev–Trinajstić information content (AvgIpc) is 3.15. The number of amides is 2. The van der Waals surface area contributed by atoms with Gasteiger partial charge in [0.2, 0.25) is 5.91 Å². The molecule has 0 spiro atoms. The molecule has 28 heavy (non-hydrogen) atoms. The molecule has 1 aliphatic heterocycles. The van der Waals surface area contributed by atoms with Gasteiger partial charge >= 0.3 is 0 Å². The number of carbonyl (C=O) groups excluding carboxylic acids is 2. The van der Waals surface area contributed by atoms with Crippen molar-refractivity contribution in [1.82, 2.24) is 15.5 Å². The van der Waals surface area contributed by atoms with Gasteiger partial charge in [0.05, 0.1) is 25.8 Å². The van der Waals surface area contributed by atoms with E-state index in [1.165, 1.54) is 18.2 Å². The van der Waals surface area contributed by atoms with Gasteiger partial charge in [-0.15, -0.1) is 0 Å². The molecular weight excluding hydrogens is 433 g/mol. The summed E-state index contributed by atoms with van der Waals surface area (Å²) in [6.45, 7) is 2.84. The van der Waals surface area contributed by atoms with Crippen LogP contribution in [-0.2, 0) is 9.53 Å². The maximum atomic E-state index is 13.3. The molecule has 0 saturated carbocycles. The molecule has 150 valence electrons. The quantitative estimate of drug-likeness (QED) is 0.670. The normalized spacial score (nSPS) is 15.8. The van der Waals surface area contributed by atoms with Crippen LogP contribution in [0.5, 0.6) is 0 Å². The highest BCUT2D eigenvalue weighted by Gasteiger charge is 2.23. The van der Waals surface area contributed by atoms with Crippen LogP contribution < -0.4 is 10.6 Å². The molecule has 0 bridgehead atoms. The molecule has 0 aliphatic carbocycles. The second-order valence-electron chi connectivity index (χ2n) is 6.31. The number of halogens is 2. The van der Waals surface area contributed by atoms with Crippen molar-refractivity contribution in [3.8, 4) is 0 Å². The first-order chi connectivity index (χ1) is 13.5. The number of hydrogen-bond acceptors (Lipinski definition) is 5. The summed E-state index contributed by atoms with van der Waals surface area (Å²) >= 11 is 3.12. The van der Waals surface area contributed by atoms with Gasteiger partial charge in [0.1, 0.15) is 5.82 Å². The Kier molecular flexibility index (Phi) is 7.18. The highest BCUT2D eigenvalue weighted by molar-refractivity contribution is 9.10. The van der Waals surface area contributed by atoms with Crippen LogP contribution in [0, 0.1) is 5.82 Å². The molecule has 2 amide bonds. The Morgan fingerprint density at radius 2 is 1.82 bits per heavy atom. The SMILES string of the molecule is O=C(CNC(=O)c1ccc(Br)o1)NCC(c1ccc(F)cc1)N1CCOCC1. The zero-order valence-corrected chi connectivity index (χ0v) is 16.7. The first kappa shape index (κ1) is 20.5. The van der Waals surface area contributed by atoms with Gasteiger partial charge in [-0.3, -0.25) is 14.5 Å². The van der Waals surface area contributed by atoms with E-state index in [0.717, 1.165) is 18.7 Å². The lowest BCUT2D eigenvalue weighted by Gasteiger charge is -2.35. The van der Waals surface area contributed by atoms with Crippen molar-refractivity contribution in [1.29, 1.82) is 0 Å². The summed E-state index contributed by atoms with van der Waals surface area (Å²) in [6.07, 6.45) is 0. The average molecular weight is 454 g/mol. The second kappa shape index (κ2) is 9.81. The molecule has 0 radical (unpaired) electrons. The smallest absolute Gasteiger partial charge is 0.287 e. The van der Waals surface area contributed by atoms with Crippen molar-refractivity contribution < 1.29 is 23.1 Å². The molecule has 1 unspecified atom stereocenters. The van der Waals surface area contributed by atoms with Gasteiger partial charge in [-0.05, 0) is 45.8 Å². The van der Waals surface area contributed by atoms with Crippen molar-refractivity contribution in [3.05, 3.63) is 58.2 Å². The fourth-order valence-corrected chi connectivity index (χ4v) is 3.30. The highest BCUT2D eigenvalue weighted by atomic mass is 79.9. The second-order valence-corrected chi connectivity index (χ2v) is 7.09. The number of morpholine rings is 1. The molecule has 2 heterocycles. The molecule has 1 aliphatic rings. The number of furan rings is 1. The predicted octanol–water partition coefficient (Wildman–Crippen LogP) is 2.10. The molecule has 1 fully saturated rings. The van der Waals surface area contributed by atoms with E-state index in [1.807, 2.05) is 0 Å². The summed E-state index contributed by atoms with van der Waals surface area (Å²) in [6, 6.07) is 9.27. The number of benzene rings is 1. The summed E-state index contributed by atoms with van der Waals surface area (Å²) in [5.74, 6) is -0.971. The zero-order valence-electron chi connectivity index (χ0n) is 15.1. The van der Waals surface area contributed by atoms with E-state index >= 15 is 0 Å². The largest absolute Gasteiger partial charge is 0.444 e. The lowest BCUT2D eigenvalue weighted by Crippen LogP contribution is -2.45. The fraction of sp³-hybridized carbons (Fsp3) is 0.368. The number of hydrogen-bond donors (Lipinski definition) is 2. The molecule has 2 N–H and O–H groups in total. The van der Waals surface area contributed by atoms with Gasteiger partial charge in [-0.1, -0.05) is 12.1 Å². The van der Waals surface area contributed by atoms with Crippen LogP contribution in [0.15, 0.2) is 45.5 Å². The summed E-state index contributed by atoms with van der Waals surface area (Å²) < 4.78 is 24.2. The van der Waals surface area contributed by atoms with E-state index < -0.39 is 5.91 Å². The first-order valence-electron chi connectivity index (χ1n) is 8.90. The Morgan fingerprint density at radius 3 is 2.46 bits per heavy atom. The lowest BCUT2D eigenvalue weighted by molar-refractivity contribution is -0.120. The Balaban J connectivity index is 1.55. The number of nitrogens with one attached hydrogen (secondary N) is 2. The molecule has 1 aromatic heterocycles. The zero-order chi connectivity index (χ0) is 19.9. The van der Waals surface area contributed by atoms with Crippen LogP contribution in [0.25, 0.3) is 0 Å².